The van der Waals surface area contributed by atoms with Crippen LogP contribution >= 0.6 is 0 Å². The summed E-state index contributed by atoms with van der Waals surface area (Å²) < 4.78 is 33.9. The average molecular weight is 270 g/mol. The summed E-state index contributed by atoms with van der Waals surface area (Å²) in [5, 5.41) is 1.78. The number of fused-ring (bicyclic) bond motifs is 1. The van der Waals surface area contributed by atoms with Crippen molar-refractivity contribution in [3.05, 3.63) is 18.2 Å². The Labute approximate surface area is 103 Å². The maximum atomic E-state index is 12.8. The smallest absolute Gasteiger partial charge is 0.395 e. The lowest BCUT2D eigenvalue weighted by molar-refractivity contribution is -0.286. The van der Waals surface area contributed by atoms with Crippen LogP contribution in [0.5, 0.6) is 11.5 Å². The van der Waals surface area contributed by atoms with E-state index in [9.17, 15) is 23.2 Å². The van der Waals surface area contributed by atoms with E-state index < -0.39 is 24.1 Å². The molecular formula is C10H4F2N2O5. The SMILES string of the molecule is O=C1NC(=O)N(c2ccc3c(c2)OC(F)(F)O3)C1=O. The van der Waals surface area contributed by atoms with E-state index in [1.165, 1.54) is 6.07 Å². The summed E-state index contributed by atoms with van der Waals surface area (Å²) in [4.78, 5) is 34.3. The molecule has 1 aromatic rings. The molecule has 0 unspecified atom stereocenters. The third-order valence-corrected chi connectivity index (χ3v) is 2.46. The second-order valence-electron chi connectivity index (χ2n) is 3.70. The average Bonchev–Trinajstić information content (AvgIpc) is 2.74. The van der Waals surface area contributed by atoms with Gasteiger partial charge in [-0.1, -0.05) is 0 Å². The number of benzene rings is 1. The molecule has 98 valence electrons. The number of hydrogen-bond acceptors (Lipinski definition) is 5. The van der Waals surface area contributed by atoms with Crippen LogP contribution < -0.4 is 19.7 Å². The van der Waals surface area contributed by atoms with Crippen LogP contribution in [0, 0.1) is 0 Å². The van der Waals surface area contributed by atoms with E-state index in [1.54, 1.807) is 5.32 Å². The van der Waals surface area contributed by atoms with Gasteiger partial charge in [0.05, 0.1) is 5.69 Å². The molecule has 1 saturated heterocycles. The Morgan fingerprint density at radius 2 is 1.79 bits per heavy atom. The Morgan fingerprint density at radius 3 is 2.42 bits per heavy atom. The van der Waals surface area contributed by atoms with E-state index in [0.29, 0.717) is 4.90 Å². The molecule has 1 aromatic carbocycles. The zero-order valence-electron chi connectivity index (χ0n) is 8.98. The minimum Gasteiger partial charge on any atom is -0.395 e. The highest BCUT2D eigenvalue weighted by Crippen LogP contribution is 2.43. The quantitative estimate of drug-likeness (QED) is 0.596. The maximum Gasteiger partial charge on any atom is 0.586 e. The number of hydrogen-bond donors (Lipinski definition) is 1. The van der Waals surface area contributed by atoms with Crippen molar-refractivity contribution in [2.75, 3.05) is 4.90 Å². The highest BCUT2D eigenvalue weighted by Gasteiger charge is 2.44. The van der Waals surface area contributed by atoms with Crippen LogP contribution in [0.4, 0.5) is 19.3 Å². The monoisotopic (exact) mass is 270 g/mol. The number of imide groups is 2. The summed E-state index contributed by atoms with van der Waals surface area (Å²) in [6, 6.07) is 2.33. The lowest BCUT2D eigenvalue weighted by atomic mass is 10.2. The molecule has 19 heavy (non-hydrogen) atoms. The van der Waals surface area contributed by atoms with E-state index in [-0.39, 0.29) is 17.2 Å². The maximum absolute atomic E-state index is 12.8. The van der Waals surface area contributed by atoms with E-state index in [2.05, 4.69) is 9.47 Å². The lowest BCUT2D eigenvalue weighted by Gasteiger charge is -2.11. The summed E-state index contributed by atoms with van der Waals surface area (Å²) in [6.07, 6.45) is -3.80. The zero-order chi connectivity index (χ0) is 13.8. The predicted molar refractivity (Wildman–Crippen MR) is 53.7 cm³/mol. The number of alkyl halides is 2. The number of urea groups is 1. The fourth-order valence-corrected chi connectivity index (χ4v) is 1.71. The van der Waals surface area contributed by atoms with E-state index in [0.717, 1.165) is 12.1 Å². The van der Waals surface area contributed by atoms with Crippen molar-refractivity contribution in [3.8, 4) is 11.5 Å². The van der Waals surface area contributed by atoms with Gasteiger partial charge in [0.2, 0.25) is 0 Å². The largest absolute Gasteiger partial charge is 0.586 e. The molecule has 0 saturated carbocycles. The molecule has 9 heteroatoms. The molecule has 2 heterocycles. The fraction of sp³-hybridized carbons (Fsp3) is 0.100. The first-order chi connectivity index (χ1) is 8.87. The molecule has 0 bridgehead atoms. The molecule has 0 radical (unpaired) electrons. The van der Waals surface area contributed by atoms with Crippen molar-refractivity contribution >= 4 is 23.5 Å². The van der Waals surface area contributed by atoms with E-state index in [1.807, 2.05) is 0 Å². The number of carbonyl (C=O) groups excluding carboxylic acids is 3. The molecule has 4 amide bonds. The molecular weight excluding hydrogens is 266 g/mol. The van der Waals surface area contributed by atoms with Crippen LogP contribution in [0.25, 0.3) is 0 Å². The fourth-order valence-electron chi connectivity index (χ4n) is 1.71. The second-order valence-corrected chi connectivity index (χ2v) is 3.70. The number of nitrogens with one attached hydrogen (secondary N) is 1. The van der Waals surface area contributed by atoms with Gasteiger partial charge < -0.3 is 9.47 Å². The summed E-state index contributed by atoms with van der Waals surface area (Å²) in [6.45, 7) is 0. The highest BCUT2D eigenvalue weighted by molar-refractivity contribution is 6.53. The zero-order valence-corrected chi connectivity index (χ0v) is 8.98. The first kappa shape index (κ1) is 11.4. The molecule has 0 spiro atoms. The van der Waals surface area contributed by atoms with Crippen LogP contribution in [0.1, 0.15) is 0 Å². The third-order valence-electron chi connectivity index (χ3n) is 2.46. The first-order valence-corrected chi connectivity index (χ1v) is 4.97. The Bertz CT molecular complexity index is 630. The van der Waals surface area contributed by atoms with Gasteiger partial charge in [0.15, 0.2) is 11.5 Å². The van der Waals surface area contributed by atoms with Gasteiger partial charge in [-0.15, -0.1) is 8.78 Å². The Hall–Kier alpha value is -2.71. The Balaban J connectivity index is 1.99. The van der Waals surface area contributed by atoms with Gasteiger partial charge in [-0.25, -0.2) is 9.69 Å². The van der Waals surface area contributed by atoms with Crippen molar-refractivity contribution < 1.29 is 32.6 Å². The highest BCUT2D eigenvalue weighted by atomic mass is 19.3. The van der Waals surface area contributed by atoms with Crippen molar-refractivity contribution in [2.45, 2.75) is 6.29 Å². The number of anilines is 1. The predicted octanol–water partition coefficient (Wildman–Crippen LogP) is 0.591. The topological polar surface area (TPSA) is 84.9 Å². The van der Waals surface area contributed by atoms with Crippen LogP contribution in [-0.2, 0) is 9.59 Å². The molecule has 2 aliphatic heterocycles. The standard InChI is InChI=1S/C10H4F2N2O5/c11-10(12)18-5-2-1-4(3-6(5)19-10)14-8(16)7(15)13-9(14)17/h1-3H,(H,13,15,17). The second kappa shape index (κ2) is 3.40. The van der Waals surface area contributed by atoms with Crippen LogP contribution in [-0.4, -0.2) is 24.1 Å². The normalized spacial score (nSPS) is 19.9. The lowest BCUT2D eigenvalue weighted by Crippen LogP contribution is -2.30. The molecule has 7 nitrogen and oxygen atoms in total. The van der Waals surface area contributed by atoms with Gasteiger partial charge in [-0.05, 0) is 12.1 Å². The number of halogens is 2. The number of carbonyl (C=O) groups is 3. The first-order valence-electron chi connectivity index (χ1n) is 4.97. The minimum atomic E-state index is -3.80. The van der Waals surface area contributed by atoms with Crippen molar-refractivity contribution in [3.63, 3.8) is 0 Å². The van der Waals surface area contributed by atoms with Gasteiger partial charge in [0.1, 0.15) is 0 Å². The van der Waals surface area contributed by atoms with Crippen LogP contribution in [0.2, 0.25) is 0 Å². The number of nitrogens with zero attached hydrogens (tertiary/aromatic N) is 1. The van der Waals surface area contributed by atoms with Crippen molar-refractivity contribution in [1.82, 2.24) is 5.32 Å². The summed E-state index contributed by atoms with van der Waals surface area (Å²) >= 11 is 0. The van der Waals surface area contributed by atoms with E-state index in [4.69, 9.17) is 0 Å². The molecule has 0 aromatic heterocycles. The van der Waals surface area contributed by atoms with Gasteiger partial charge in [0, 0.05) is 6.07 Å². The molecule has 3 rings (SSSR count). The van der Waals surface area contributed by atoms with Crippen LogP contribution in [0.3, 0.4) is 0 Å². The van der Waals surface area contributed by atoms with Crippen LogP contribution in [0.15, 0.2) is 18.2 Å². The number of rotatable bonds is 1. The molecule has 2 aliphatic rings. The number of ether oxygens (including phenoxy) is 2. The van der Waals surface area contributed by atoms with Crippen molar-refractivity contribution in [2.24, 2.45) is 0 Å². The molecule has 1 fully saturated rings. The molecule has 1 N–H and O–H groups in total. The number of amides is 4. The Kier molecular flexibility index (Phi) is 2.04. The van der Waals surface area contributed by atoms with Gasteiger partial charge >= 0.3 is 24.1 Å². The molecule has 0 aliphatic carbocycles. The van der Waals surface area contributed by atoms with E-state index >= 15 is 0 Å². The molecule has 0 atom stereocenters. The third kappa shape index (κ3) is 1.66. The Morgan fingerprint density at radius 1 is 1.11 bits per heavy atom. The van der Waals surface area contributed by atoms with Gasteiger partial charge in [-0.2, -0.15) is 0 Å². The van der Waals surface area contributed by atoms with Crippen molar-refractivity contribution in [1.29, 1.82) is 0 Å². The summed E-state index contributed by atoms with van der Waals surface area (Å²) in [5.74, 6) is -2.75. The van der Waals surface area contributed by atoms with Gasteiger partial charge in [-0.3, -0.25) is 14.9 Å². The summed E-state index contributed by atoms with van der Waals surface area (Å²) in [5.41, 5.74) is -0.0756. The minimum absolute atomic E-state index is 0.0756. The summed E-state index contributed by atoms with van der Waals surface area (Å²) in [7, 11) is 0. The van der Waals surface area contributed by atoms with Gasteiger partial charge in [0.25, 0.3) is 0 Å².